The van der Waals surface area contributed by atoms with Gasteiger partial charge in [0.1, 0.15) is 5.76 Å². The lowest BCUT2D eigenvalue weighted by atomic mass is 9.88. The molecule has 18 heavy (non-hydrogen) atoms. The molecule has 0 aliphatic heterocycles. The van der Waals surface area contributed by atoms with Crippen LogP contribution in [-0.2, 0) is 9.53 Å². The molecule has 0 radical (unpaired) electrons. The molecule has 100 valence electrons. The molecule has 1 atom stereocenters. The average Bonchev–Trinajstić information content (AvgIpc) is 2.36. The number of ether oxygens (including phenoxy) is 1. The fraction of sp³-hybridized carbons (Fsp3) is 0.562. The average molecular weight is 248 g/mol. The van der Waals surface area contributed by atoms with Crippen molar-refractivity contribution in [2.45, 2.75) is 46.5 Å². The van der Waals surface area contributed by atoms with Crippen molar-refractivity contribution in [3.8, 4) is 0 Å². The van der Waals surface area contributed by atoms with Gasteiger partial charge in [0.05, 0.1) is 0 Å². The molecule has 0 aromatic rings. The summed E-state index contributed by atoms with van der Waals surface area (Å²) < 4.78 is 5.13. The number of hydrogen-bond donors (Lipinski definition) is 0. The molecule has 1 aliphatic carbocycles. The van der Waals surface area contributed by atoms with E-state index in [1.807, 2.05) is 6.08 Å². The largest absolute Gasteiger partial charge is 0.428 e. The third-order valence-corrected chi connectivity index (χ3v) is 3.35. The van der Waals surface area contributed by atoms with Crippen LogP contribution < -0.4 is 0 Å². The summed E-state index contributed by atoms with van der Waals surface area (Å²) in [4.78, 5) is 11.1. The predicted molar refractivity (Wildman–Crippen MR) is 74.9 cm³/mol. The zero-order valence-electron chi connectivity index (χ0n) is 11.7. The van der Waals surface area contributed by atoms with Gasteiger partial charge in [0.2, 0.25) is 0 Å². The zero-order valence-corrected chi connectivity index (χ0v) is 11.7. The Hall–Kier alpha value is -1.31. The second-order valence-electron chi connectivity index (χ2n) is 5.37. The van der Waals surface area contributed by atoms with E-state index < -0.39 is 0 Å². The number of rotatable bonds is 6. The predicted octanol–water partition coefficient (Wildman–Crippen LogP) is 4.39. The zero-order chi connectivity index (χ0) is 13.5. The van der Waals surface area contributed by atoms with Crippen molar-refractivity contribution < 1.29 is 9.53 Å². The lowest BCUT2D eigenvalue weighted by Crippen LogP contribution is -2.07. The van der Waals surface area contributed by atoms with Gasteiger partial charge in [0.25, 0.3) is 0 Å². The third-order valence-electron chi connectivity index (χ3n) is 3.35. The standard InChI is InChI=1S/C16H24O2/c1-5-16(17)18-15-10-8-14(9-11-15)13(4)7-6-12(2)3/h5,8,10,12-13H,1,6-7,9,11H2,2-4H3. The first kappa shape index (κ1) is 14.7. The normalized spacial score (nSPS) is 16.9. The van der Waals surface area contributed by atoms with Crippen molar-refractivity contribution in [2.75, 3.05) is 0 Å². The van der Waals surface area contributed by atoms with Crippen LogP contribution >= 0.6 is 0 Å². The Morgan fingerprint density at radius 1 is 1.33 bits per heavy atom. The van der Waals surface area contributed by atoms with Gasteiger partial charge in [-0.1, -0.05) is 45.4 Å². The number of allylic oxidation sites excluding steroid dienone is 4. The summed E-state index contributed by atoms with van der Waals surface area (Å²) in [7, 11) is 0. The molecular weight excluding hydrogens is 224 g/mol. The molecule has 1 aliphatic rings. The number of carbonyl (C=O) groups is 1. The second kappa shape index (κ2) is 7.20. The fourth-order valence-corrected chi connectivity index (χ4v) is 2.07. The van der Waals surface area contributed by atoms with Crippen LogP contribution in [-0.4, -0.2) is 5.97 Å². The molecule has 0 aromatic carbocycles. The van der Waals surface area contributed by atoms with Gasteiger partial charge in [0, 0.05) is 12.5 Å². The van der Waals surface area contributed by atoms with Crippen molar-refractivity contribution in [3.05, 3.63) is 36.1 Å². The van der Waals surface area contributed by atoms with Crippen molar-refractivity contribution in [1.29, 1.82) is 0 Å². The molecule has 0 N–H and O–H groups in total. The van der Waals surface area contributed by atoms with E-state index in [-0.39, 0.29) is 5.97 Å². The highest BCUT2D eigenvalue weighted by Gasteiger charge is 2.14. The van der Waals surface area contributed by atoms with Gasteiger partial charge >= 0.3 is 5.97 Å². The number of carbonyl (C=O) groups excluding carboxylic acids is 1. The van der Waals surface area contributed by atoms with Gasteiger partial charge in [-0.3, -0.25) is 0 Å². The van der Waals surface area contributed by atoms with E-state index in [0.29, 0.717) is 5.92 Å². The van der Waals surface area contributed by atoms with Crippen LogP contribution in [0.25, 0.3) is 0 Å². The van der Waals surface area contributed by atoms with Crippen LogP contribution in [0, 0.1) is 11.8 Å². The molecule has 0 fully saturated rings. The Balaban J connectivity index is 2.50. The molecule has 1 unspecified atom stereocenters. The first-order valence-corrected chi connectivity index (χ1v) is 6.76. The molecule has 0 heterocycles. The summed E-state index contributed by atoms with van der Waals surface area (Å²) in [6.45, 7) is 10.2. The highest BCUT2D eigenvalue weighted by Crippen LogP contribution is 2.28. The minimum atomic E-state index is -0.369. The molecule has 0 aromatic heterocycles. The summed E-state index contributed by atoms with van der Waals surface area (Å²) >= 11 is 0. The maximum Gasteiger partial charge on any atom is 0.335 e. The third kappa shape index (κ3) is 4.91. The maximum absolute atomic E-state index is 11.1. The molecule has 0 amide bonds. The van der Waals surface area contributed by atoms with Crippen molar-refractivity contribution in [1.82, 2.24) is 0 Å². The van der Waals surface area contributed by atoms with Crippen molar-refractivity contribution in [2.24, 2.45) is 11.8 Å². The first-order chi connectivity index (χ1) is 8.52. The van der Waals surface area contributed by atoms with Crippen LogP contribution in [0.1, 0.15) is 46.5 Å². The Labute approximate surface area is 110 Å². The van der Waals surface area contributed by atoms with Crippen LogP contribution in [0.2, 0.25) is 0 Å². The second-order valence-corrected chi connectivity index (χ2v) is 5.37. The minimum absolute atomic E-state index is 0.369. The van der Waals surface area contributed by atoms with Gasteiger partial charge in [0.15, 0.2) is 0 Å². The molecule has 0 bridgehead atoms. The Kier molecular flexibility index (Phi) is 5.90. The lowest BCUT2D eigenvalue weighted by molar-refractivity contribution is -0.134. The van der Waals surface area contributed by atoms with Crippen LogP contribution in [0.4, 0.5) is 0 Å². The highest BCUT2D eigenvalue weighted by atomic mass is 16.5. The summed E-state index contributed by atoms with van der Waals surface area (Å²) in [5.41, 5.74) is 1.47. The summed E-state index contributed by atoms with van der Waals surface area (Å²) in [5, 5.41) is 0. The van der Waals surface area contributed by atoms with Crippen LogP contribution in [0.3, 0.4) is 0 Å². The number of hydrogen-bond acceptors (Lipinski definition) is 2. The molecule has 0 saturated heterocycles. The van der Waals surface area contributed by atoms with E-state index >= 15 is 0 Å². The topological polar surface area (TPSA) is 26.3 Å². The molecule has 0 spiro atoms. The molecule has 1 rings (SSSR count). The first-order valence-electron chi connectivity index (χ1n) is 6.76. The monoisotopic (exact) mass is 248 g/mol. The quantitative estimate of drug-likeness (QED) is 0.514. The SMILES string of the molecule is C=CC(=O)OC1=CC=C(C(C)CCC(C)C)CC1. The van der Waals surface area contributed by atoms with Crippen LogP contribution in [0.15, 0.2) is 36.1 Å². The molecule has 2 nitrogen and oxygen atoms in total. The van der Waals surface area contributed by atoms with Gasteiger partial charge in [-0.2, -0.15) is 0 Å². The maximum atomic E-state index is 11.1. The van der Waals surface area contributed by atoms with Gasteiger partial charge in [-0.05, 0) is 30.8 Å². The van der Waals surface area contributed by atoms with Crippen molar-refractivity contribution in [3.63, 3.8) is 0 Å². The number of esters is 1. The molecule has 2 heteroatoms. The van der Waals surface area contributed by atoms with E-state index in [9.17, 15) is 4.79 Å². The van der Waals surface area contributed by atoms with Gasteiger partial charge in [-0.25, -0.2) is 4.79 Å². The molecular formula is C16H24O2. The smallest absolute Gasteiger partial charge is 0.335 e. The van der Waals surface area contributed by atoms with Gasteiger partial charge in [-0.15, -0.1) is 0 Å². The van der Waals surface area contributed by atoms with Crippen molar-refractivity contribution >= 4 is 5.97 Å². The molecule has 0 saturated carbocycles. The van der Waals surface area contributed by atoms with Gasteiger partial charge < -0.3 is 4.74 Å². The summed E-state index contributed by atoms with van der Waals surface area (Å²) in [6.07, 6.45) is 9.55. The Morgan fingerprint density at radius 2 is 2.06 bits per heavy atom. The highest BCUT2D eigenvalue weighted by molar-refractivity contribution is 5.82. The summed E-state index contributed by atoms with van der Waals surface area (Å²) in [5.74, 6) is 1.77. The Morgan fingerprint density at radius 3 is 2.56 bits per heavy atom. The minimum Gasteiger partial charge on any atom is -0.428 e. The fourth-order valence-electron chi connectivity index (χ4n) is 2.07. The van der Waals surface area contributed by atoms with E-state index in [1.165, 1.54) is 24.5 Å². The Bertz CT molecular complexity index is 361. The van der Waals surface area contributed by atoms with Crippen LogP contribution in [0.5, 0.6) is 0 Å². The van der Waals surface area contributed by atoms with E-state index in [2.05, 4.69) is 33.4 Å². The van der Waals surface area contributed by atoms with E-state index in [0.717, 1.165) is 24.5 Å². The summed E-state index contributed by atoms with van der Waals surface area (Å²) in [6, 6.07) is 0. The lowest BCUT2D eigenvalue weighted by Gasteiger charge is -2.20. The van der Waals surface area contributed by atoms with E-state index in [1.54, 1.807) is 0 Å². The van der Waals surface area contributed by atoms with E-state index in [4.69, 9.17) is 4.74 Å².